The molecule has 1 aromatic carbocycles. The maximum atomic E-state index is 12.4. The molecular formula is C14H13N3O4S. The van der Waals surface area contributed by atoms with Crippen molar-refractivity contribution >= 4 is 15.7 Å². The lowest BCUT2D eigenvalue weighted by Gasteiger charge is -2.19. The summed E-state index contributed by atoms with van der Waals surface area (Å²) in [6.07, 6.45) is 0. The number of sulfone groups is 1. The number of nitrogens with zero attached hydrogens (tertiary/aromatic N) is 2. The minimum atomic E-state index is -3.41. The Hall–Kier alpha value is -2.48. The summed E-state index contributed by atoms with van der Waals surface area (Å²) in [7, 11) is -3.41. The van der Waals surface area contributed by atoms with Crippen molar-refractivity contribution in [1.82, 2.24) is 15.1 Å². The van der Waals surface area contributed by atoms with Gasteiger partial charge in [-0.25, -0.2) is 13.5 Å². The van der Waals surface area contributed by atoms with Gasteiger partial charge in [-0.3, -0.25) is 9.59 Å². The molecule has 8 heteroatoms. The van der Waals surface area contributed by atoms with Crippen LogP contribution in [0, 0.1) is 0 Å². The zero-order valence-corrected chi connectivity index (χ0v) is 12.3. The summed E-state index contributed by atoms with van der Waals surface area (Å²) >= 11 is 0. The highest BCUT2D eigenvalue weighted by atomic mass is 32.2. The van der Waals surface area contributed by atoms with Gasteiger partial charge in [-0.05, 0) is 17.7 Å². The van der Waals surface area contributed by atoms with Crippen LogP contribution in [0.5, 0.6) is 0 Å². The van der Waals surface area contributed by atoms with E-state index in [1.54, 1.807) is 24.3 Å². The van der Waals surface area contributed by atoms with Gasteiger partial charge in [0.15, 0.2) is 9.84 Å². The number of carbonyl (C=O) groups excluding carboxylic acids is 1. The van der Waals surface area contributed by atoms with Crippen LogP contribution in [-0.2, 0) is 16.4 Å². The normalized spacial score (nSPS) is 16.6. The average molecular weight is 319 g/mol. The number of rotatable bonds is 1. The molecule has 1 N–H and O–H groups in total. The molecule has 7 nitrogen and oxygen atoms in total. The lowest BCUT2D eigenvalue weighted by atomic mass is 10.2. The Morgan fingerprint density at radius 2 is 1.95 bits per heavy atom. The van der Waals surface area contributed by atoms with Crippen LogP contribution in [-0.4, -0.2) is 41.7 Å². The van der Waals surface area contributed by atoms with Gasteiger partial charge in [0.1, 0.15) is 5.69 Å². The maximum absolute atomic E-state index is 12.4. The third-order valence-electron chi connectivity index (χ3n) is 3.48. The SMILES string of the molecule is O=C(c1ccc(=O)[nH]n1)N1CCS(=O)(=O)c2ccccc2C1. The van der Waals surface area contributed by atoms with E-state index in [1.807, 2.05) is 0 Å². The molecule has 1 aromatic heterocycles. The van der Waals surface area contributed by atoms with E-state index >= 15 is 0 Å². The number of benzene rings is 1. The lowest BCUT2D eigenvalue weighted by molar-refractivity contribution is 0.0747. The molecule has 3 rings (SSSR count). The van der Waals surface area contributed by atoms with Crippen LogP contribution >= 0.6 is 0 Å². The number of carbonyl (C=O) groups is 1. The minimum absolute atomic E-state index is 0.0800. The number of fused-ring (bicyclic) bond motifs is 1. The second-order valence-corrected chi connectivity index (χ2v) is 7.04. The maximum Gasteiger partial charge on any atom is 0.274 e. The fraction of sp³-hybridized carbons (Fsp3) is 0.214. The van der Waals surface area contributed by atoms with Crippen LogP contribution < -0.4 is 5.56 Å². The molecule has 0 saturated carbocycles. The number of aromatic nitrogens is 2. The number of hydrogen-bond acceptors (Lipinski definition) is 5. The van der Waals surface area contributed by atoms with Gasteiger partial charge in [0, 0.05) is 19.2 Å². The first-order valence-corrected chi connectivity index (χ1v) is 8.28. The molecule has 2 aromatic rings. The molecule has 0 atom stereocenters. The largest absolute Gasteiger partial charge is 0.332 e. The molecule has 0 saturated heterocycles. The van der Waals surface area contributed by atoms with Gasteiger partial charge in [-0.2, -0.15) is 5.10 Å². The van der Waals surface area contributed by atoms with Crippen LogP contribution in [0.2, 0.25) is 0 Å². The Morgan fingerprint density at radius 1 is 1.18 bits per heavy atom. The van der Waals surface area contributed by atoms with Gasteiger partial charge < -0.3 is 4.90 Å². The molecule has 0 bridgehead atoms. The summed E-state index contributed by atoms with van der Waals surface area (Å²) in [6.45, 7) is 0.270. The van der Waals surface area contributed by atoms with E-state index in [0.717, 1.165) is 0 Å². The Kier molecular flexibility index (Phi) is 3.53. The van der Waals surface area contributed by atoms with Crippen molar-refractivity contribution in [1.29, 1.82) is 0 Å². The van der Waals surface area contributed by atoms with E-state index in [-0.39, 0.29) is 29.4 Å². The van der Waals surface area contributed by atoms with Crippen molar-refractivity contribution in [3.05, 3.63) is 58.0 Å². The van der Waals surface area contributed by atoms with E-state index in [0.29, 0.717) is 5.56 Å². The van der Waals surface area contributed by atoms with Crippen molar-refractivity contribution < 1.29 is 13.2 Å². The highest BCUT2D eigenvalue weighted by Gasteiger charge is 2.28. The molecule has 0 unspecified atom stereocenters. The third kappa shape index (κ3) is 2.64. The number of aromatic amines is 1. The van der Waals surface area contributed by atoms with Crippen molar-refractivity contribution in [2.24, 2.45) is 0 Å². The monoisotopic (exact) mass is 319 g/mol. The number of H-pyrrole nitrogens is 1. The molecule has 0 fully saturated rings. The van der Waals surface area contributed by atoms with Gasteiger partial charge in [-0.15, -0.1) is 0 Å². The fourth-order valence-electron chi connectivity index (χ4n) is 2.36. The minimum Gasteiger partial charge on any atom is -0.332 e. The second kappa shape index (κ2) is 5.38. The number of nitrogens with one attached hydrogen (secondary N) is 1. The predicted octanol–water partition coefficient (Wildman–Crippen LogP) is 0.200. The topological polar surface area (TPSA) is 100 Å². The van der Waals surface area contributed by atoms with E-state index in [9.17, 15) is 18.0 Å². The number of amides is 1. The lowest BCUT2D eigenvalue weighted by Crippen LogP contribution is -2.33. The zero-order valence-electron chi connectivity index (χ0n) is 11.5. The molecule has 1 aliphatic rings. The summed E-state index contributed by atoms with van der Waals surface area (Å²) in [6, 6.07) is 9.18. The summed E-state index contributed by atoms with van der Waals surface area (Å²) in [4.78, 5) is 25.1. The quantitative estimate of drug-likeness (QED) is 0.809. The second-order valence-electron chi connectivity index (χ2n) is 4.96. The number of hydrogen-bond donors (Lipinski definition) is 1. The van der Waals surface area contributed by atoms with E-state index < -0.39 is 21.3 Å². The molecule has 1 aliphatic heterocycles. The third-order valence-corrected chi connectivity index (χ3v) is 5.27. The van der Waals surface area contributed by atoms with E-state index in [2.05, 4.69) is 10.2 Å². The van der Waals surface area contributed by atoms with Crippen LogP contribution in [0.4, 0.5) is 0 Å². The molecule has 0 spiro atoms. The summed E-state index contributed by atoms with van der Waals surface area (Å²) in [5, 5.41) is 5.90. The van der Waals surface area contributed by atoms with Gasteiger partial charge in [0.25, 0.3) is 11.5 Å². The van der Waals surface area contributed by atoms with Crippen molar-refractivity contribution in [2.75, 3.05) is 12.3 Å². The van der Waals surface area contributed by atoms with Crippen LogP contribution in [0.15, 0.2) is 46.1 Å². The van der Waals surface area contributed by atoms with Gasteiger partial charge in [0.05, 0.1) is 10.6 Å². The first-order valence-electron chi connectivity index (χ1n) is 6.63. The Balaban J connectivity index is 1.96. The molecule has 0 aliphatic carbocycles. The molecular weight excluding hydrogens is 306 g/mol. The smallest absolute Gasteiger partial charge is 0.274 e. The van der Waals surface area contributed by atoms with E-state index in [1.165, 1.54) is 17.0 Å². The average Bonchev–Trinajstić information content (AvgIpc) is 2.64. The van der Waals surface area contributed by atoms with Gasteiger partial charge in [0.2, 0.25) is 0 Å². The van der Waals surface area contributed by atoms with Crippen molar-refractivity contribution in [3.63, 3.8) is 0 Å². The standard InChI is InChI=1S/C14H13N3O4S/c18-13-6-5-11(15-16-13)14(19)17-7-8-22(20,21)12-4-2-1-3-10(12)9-17/h1-6H,7-9H2,(H,16,18). The van der Waals surface area contributed by atoms with Crippen LogP contribution in [0.25, 0.3) is 0 Å². The summed E-state index contributed by atoms with van der Waals surface area (Å²) in [5.41, 5.74) is 0.259. The molecule has 2 heterocycles. The zero-order chi connectivity index (χ0) is 15.7. The highest BCUT2D eigenvalue weighted by molar-refractivity contribution is 7.91. The van der Waals surface area contributed by atoms with Crippen LogP contribution in [0.3, 0.4) is 0 Å². The van der Waals surface area contributed by atoms with Gasteiger partial charge >= 0.3 is 0 Å². The first kappa shape index (κ1) is 14.5. The predicted molar refractivity (Wildman–Crippen MR) is 78.1 cm³/mol. The van der Waals surface area contributed by atoms with Crippen molar-refractivity contribution in [3.8, 4) is 0 Å². The Bertz CT molecular complexity index is 868. The molecule has 0 radical (unpaired) electrons. The molecule has 22 heavy (non-hydrogen) atoms. The molecule has 114 valence electrons. The Morgan fingerprint density at radius 3 is 2.68 bits per heavy atom. The summed E-state index contributed by atoms with van der Waals surface area (Å²) in [5.74, 6) is -0.554. The summed E-state index contributed by atoms with van der Waals surface area (Å²) < 4.78 is 24.5. The highest BCUT2D eigenvalue weighted by Crippen LogP contribution is 2.23. The fourth-order valence-corrected chi connectivity index (χ4v) is 3.86. The Labute approximate surface area is 126 Å². The van der Waals surface area contributed by atoms with E-state index in [4.69, 9.17) is 0 Å². The van der Waals surface area contributed by atoms with Crippen LogP contribution in [0.1, 0.15) is 16.1 Å². The van der Waals surface area contributed by atoms with Gasteiger partial charge in [-0.1, -0.05) is 18.2 Å². The first-order chi connectivity index (χ1) is 10.5. The van der Waals surface area contributed by atoms with Crippen molar-refractivity contribution in [2.45, 2.75) is 11.4 Å². The molecule has 1 amide bonds.